The third kappa shape index (κ3) is 5.22. The minimum absolute atomic E-state index is 0.364. The van der Waals surface area contributed by atoms with Gasteiger partial charge in [0.2, 0.25) is 0 Å². The van der Waals surface area contributed by atoms with Crippen LogP contribution in [-0.2, 0) is 5.41 Å². The number of benzene rings is 9. The molecule has 0 aliphatic heterocycles. The minimum atomic E-state index is -0.524. The molecule has 1 aliphatic rings. The van der Waals surface area contributed by atoms with Crippen molar-refractivity contribution in [2.45, 2.75) is 25.2 Å². The fourth-order valence-corrected chi connectivity index (χ4v) is 9.25. The smallest absolute Gasteiger partial charge is 0.0714 e. The van der Waals surface area contributed by atoms with Gasteiger partial charge >= 0.3 is 0 Å². The van der Waals surface area contributed by atoms with Gasteiger partial charge in [-0.25, -0.2) is 0 Å². The molecular weight excluding hydrogens is 663 g/mol. The van der Waals surface area contributed by atoms with Crippen molar-refractivity contribution in [1.82, 2.24) is 0 Å². The molecule has 0 saturated carbocycles. The van der Waals surface area contributed by atoms with Crippen molar-refractivity contribution in [1.29, 1.82) is 0 Å². The molecule has 0 unspecified atom stereocenters. The molecule has 0 amide bonds. The summed E-state index contributed by atoms with van der Waals surface area (Å²) in [6, 6.07) is 76.4. The molecule has 0 saturated heterocycles. The van der Waals surface area contributed by atoms with Gasteiger partial charge in [-0.15, -0.1) is 0 Å². The fraction of sp³-hybridized carbons (Fsp3) is 0.0741. The van der Waals surface area contributed by atoms with Crippen molar-refractivity contribution in [3.05, 3.63) is 234 Å². The summed E-state index contributed by atoms with van der Waals surface area (Å²) in [4.78, 5) is 2.52. The number of hydrogen-bond acceptors (Lipinski definition) is 1. The molecule has 0 heterocycles. The Balaban J connectivity index is 1.34. The lowest BCUT2D eigenvalue weighted by atomic mass is 9.67. The molecule has 0 fully saturated rings. The lowest BCUT2D eigenvalue weighted by Crippen LogP contribution is -2.28. The van der Waals surface area contributed by atoms with E-state index in [2.05, 4.69) is 225 Å². The minimum Gasteiger partial charge on any atom is -0.309 e. The van der Waals surface area contributed by atoms with Gasteiger partial charge in [0.1, 0.15) is 0 Å². The molecule has 0 N–H and O–H groups in total. The van der Waals surface area contributed by atoms with Crippen LogP contribution in [0, 0.1) is 0 Å². The number of rotatable bonds is 7. The van der Waals surface area contributed by atoms with Crippen LogP contribution in [-0.4, -0.2) is 0 Å². The van der Waals surface area contributed by atoms with Gasteiger partial charge < -0.3 is 4.90 Å². The van der Waals surface area contributed by atoms with E-state index in [4.69, 9.17) is 0 Å². The highest BCUT2D eigenvalue weighted by atomic mass is 15.1. The van der Waals surface area contributed by atoms with Crippen molar-refractivity contribution in [3.8, 4) is 22.3 Å². The average molecular weight is 704 g/mol. The van der Waals surface area contributed by atoms with Crippen LogP contribution in [0.3, 0.4) is 0 Å². The van der Waals surface area contributed by atoms with Crippen molar-refractivity contribution in [3.63, 3.8) is 0 Å². The zero-order chi connectivity index (χ0) is 36.9. The molecule has 0 spiro atoms. The van der Waals surface area contributed by atoms with E-state index in [0.717, 1.165) is 17.1 Å². The van der Waals surface area contributed by atoms with E-state index in [1.54, 1.807) is 0 Å². The molecule has 262 valence electrons. The molecule has 0 atom stereocenters. The topological polar surface area (TPSA) is 3.24 Å². The first-order valence-electron chi connectivity index (χ1n) is 19.4. The second-order valence-electron chi connectivity index (χ2n) is 15.1. The van der Waals surface area contributed by atoms with E-state index in [1.807, 2.05) is 0 Å². The summed E-state index contributed by atoms with van der Waals surface area (Å²) >= 11 is 0. The van der Waals surface area contributed by atoms with E-state index in [9.17, 15) is 0 Å². The van der Waals surface area contributed by atoms with Gasteiger partial charge in [-0.2, -0.15) is 0 Å². The first-order valence-corrected chi connectivity index (χ1v) is 19.4. The van der Waals surface area contributed by atoms with Crippen molar-refractivity contribution in [2.24, 2.45) is 0 Å². The Hall–Kier alpha value is -6.70. The van der Waals surface area contributed by atoms with Gasteiger partial charge in [0.15, 0.2) is 0 Å². The van der Waals surface area contributed by atoms with Crippen LogP contribution in [0.5, 0.6) is 0 Å². The molecule has 9 aromatic carbocycles. The summed E-state index contributed by atoms with van der Waals surface area (Å²) in [7, 11) is 0. The van der Waals surface area contributed by atoms with Gasteiger partial charge in [-0.3, -0.25) is 0 Å². The molecule has 10 rings (SSSR count). The summed E-state index contributed by atoms with van der Waals surface area (Å²) in [5.74, 6) is 0.364. The van der Waals surface area contributed by atoms with E-state index < -0.39 is 5.41 Å². The second kappa shape index (κ2) is 13.3. The maximum atomic E-state index is 2.52. The number of hydrogen-bond donors (Lipinski definition) is 0. The number of nitrogens with zero attached hydrogens (tertiary/aromatic N) is 1. The zero-order valence-corrected chi connectivity index (χ0v) is 31.2. The molecule has 0 aromatic heterocycles. The largest absolute Gasteiger partial charge is 0.309 e. The van der Waals surface area contributed by atoms with E-state index in [-0.39, 0.29) is 0 Å². The highest BCUT2D eigenvalue weighted by Crippen LogP contribution is 2.59. The molecular formula is C54H41N. The maximum Gasteiger partial charge on any atom is 0.0714 e. The lowest BCUT2D eigenvalue weighted by Gasteiger charge is -2.35. The average Bonchev–Trinajstić information content (AvgIpc) is 3.55. The van der Waals surface area contributed by atoms with Gasteiger partial charge in [-0.05, 0) is 96.9 Å². The number of anilines is 3. The van der Waals surface area contributed by atoms with Crippen LogP contribution in [0.4, 0.5) is 17.1 Å². The predicted molar refractivity (Wildman–Crippen MR) is 233 cm³/mol. The Morgan fingerprint density at radius 1 is 0.418 bits per heavy atom. The van der Waals surface area contributed by atoms with E-state index >= 15 is 0 Å². The molecule has 55 heavy (non-hydrogen) atoms. The Labute approximate surface area is 323 Å². The third-order valence-corrected chi connectivity index (χ3v) is 11.7. The molecule has 0 bridgehead atoms. The summed E-state index contributed by atoms with van der Waals surface area (Å²) in [5.41, 5.74) is 14.5. The third-order valence-electron chi connectivity index (χ3n) is 11.7. The van der Waals surface area contributed by atoms with E-state index in [0.29, 0.717) is 5.92 Å². The first-order chi connectivity index (χ1) is 27.1. The van der Waals surface area contributed by atoms with E-state index in [1.165, 1.54) is 71.6 Å². The van der Waals surface area contributed by atoms with Crippen molar-refractivity contribution < 1.29 is 0 Å². The summed E-state index contributed by atoms with van der Waals surface area (Å²) in [6.07, 6.45) is 0. The monoisotopic (exact) mass is 703 g/mol. The van der Waals surface area contributed by atoms with Crippen LogP contribution < -0.4 is 4.90 Å². The maximum absolute atomic E-state index is 2.52. The van der Waals surface area contributed by atoms with Crippen LogP contribution in [0.15, 0.2) is 206 Å². The SMILES string of the molecule is CC(C)c1cccc2c1-c1ccc(N(c3cc4ccccc4cc3-c3ccccc3)c3cccc4ccccc34)cc1C2(c1ccccc1)c1ccccc1. The van der Waals surface area contributed by atoms with Gasteiger partial charge in [0.25, 0.3) is 0 Å². The fourth-order valence-electron chi connectivity index (χ4n) is 9.25. The van der Waals surface area contributed by atoms with Gasteiger partial charge in [0.05, 0.1) is 16.8 Å². The lowest BCUT2D eigenvalue weighted by molar-refractivity contribution is 0.765. The normalized spacial score (nSPS) is 12.9. The molecule has 1 heteroatoms. The standard InChI is InChI=1S/C54H41N/c1-37(2)45-29-17-30-49-53(45)47-33-32-44(36-50(47)54(49,42-24-8-4-9-25-42)43-26-10-5-11-27-43)55(51-31-16-23-38-20-14-15-28-46(38)51)52-35-41-22-13-12-21-40(41)34-48(52)39-18-6-3-7-19-39/h3-37H,1-2H3. The highest BCUT2D eigenvalue weighted by Gasteiger charge is 2.47. The van der Waals surface area contributed by atoms with Gasteiger partial charge in [-0.1, -0.05) is 190 Å². The number of fused-ring (bicyclic) bond motifs is 5. The Morgan fingerprint density at radius 3 is 1.69 bits per heavy atom. The summed E-state index contributed by atoms with van der Waals surface area (Å²) in [5, 5.41) is 4.85. The molecule has 1 nitrogen and oxygen atoms in total. The Morgan fingerprint density at radius 2 is 1.00 bits per heavy atom. The first kappa shape index (κ1) is 32.9. The summed E-state index contributed by atoms with van der Waals surface area (Å²) < 4.78 is 0. The molecule has 1 aliphatic carbocycles. The Bertz CT molecular complexity index is 2790. The predicted octanol–water partition coefficient (Wildman–Crippen LogP) is 14.6. The summed E-state index contributed by atoms with van der Waals surface area (Å²) in [6.45, 7) is 4.64. The van der Waals surface area contributed by atoms with Crippen LogP contribution >= 0.6 is 0 Å². The van der Waals surface area contributed by atoms with Crippen LogP contribution in [0.2, 0.25) is 0 Å². The van der Waals surface area contributed by atoms with Gasteiger partial charge in [0, 0.05) is 16.6 Å². The van der Waals surface area contributed by atoms with Crippen molar-refractivity contribution >= 4 is 38.6 Å². The molecule has 0 radical (unpaired) electrons. The highest BCUT2D eigenvalue weighted by molar-refractivity contribution is 6.04. The quantitative estimate of drug-likeness (QED) is 0.160. The van der Waals surface area contributed by atoms with Crippen LogP contribution in [0.1, 0.15) is 47.6 Å². The Kier molecular flexibility index (Phi) is 7.96. The molecule has 9 aromatic rings. The second-order valence-corrected chi connectivity index (χ2v) is 15.1. The zero-order valence-electron chi connectivity index (χ0n) is 31.2. The van der Waals surface area contributed by atoms with Crippen LogP contribution in [0.25, 0.3) is 43.8 Å². The van der Waals surface area contributed by atoms with Crippen molar-refractivity contribution in [2.75, 3.05) is 4.90 Å².